The summed E-state index contributed by atoms with van der Waals surface area (Å²) in [5.74, 6) is -0.218. The summed E-state index contributed by atoms with van der Waals surface area (Å²) >= 11 is 0. The van der Waals surface area contributed by atoms with Crippen molar-refractivity contribution in [1.29, 1.82) is 0 Å². The fraction of sp³-hybridized carbons (Fsp3) is 0.700. The van der Waals surface area contributed by atoms with Crippen molar-refractivity contribution >= 4 is 10.0 Å². The van der Waals surface area contributed by atoms with Crippen molar-refractivity contribution in [3.8, 4) is 0 Å². The summed E-state index contributed by atoms with van der Waals surface area (Å²) in [4.78, 5) is -0.225. The molecule has 0 saturated carbocycles. The third-order valence-corrected chi connectivity index (χ3v) is 4.25. The van der Waals surface area contributed by atoms with Gasteiger partial charge in [0.15, 0.2) is 0 Å². The van der Waals surface area contributed by atoms with Crippen LogP contribution in [0.1, 0.15) is 19.5 Å². The standard InChI is InChI=1S/C10H16F3N3O2S/c1-7(2)5-16(6-10(11,12)13)19(17,18)9-4-14-15-8(9)3/h4,7H,5-6H2,1-3H3,(H,14,15). The van der Waals surface area contributed by atoms with Crippen LogP contribution in [0.3, 0.4) is 0 Å². The van der Waals surface area contributed by atoms with E-state index in [9.17, 15) is 21.6 Å². The normalized spacial score (nSPS) is 13.5. The Bertz CT molecular complexity index is 522. The van der Waals surface area contributed by atoms with Gasteiger partial charge in [0.2, 0.25) is 10.0 Å². The molecule has 1 rings (SSSR count). The summed E-state index contributed by atoms with van der Waals surface area (Å²) in [6, 6.07) is 0. The molecule has 1 aromatic rings. The number of aromatic nitrogens is 2. The van der Waals surface area contributed by atoms with Crippen LogP contribution < -0.4 is 0 Å². The molecule has 0 fully saturated rings. The van der Waals surface area contributed by atoms with Gasteiger partial charge in [-0.15, -0.1) is 0 Å². The van der Waals surface area contributed by atoms with Gasteiger partial charge in [0, 0.05) is 6.54 Å². The first kappa shape index (κ1) is 16.0. The SMILES string of the molecule is Cc1[nH]ncc1S(=O)(=O)N(CC(C)C)CC(F)(F)F. The Morgan fingerprint density at radius 3 is 2.37 bits per heavy atom. The molecule has 1 N–H and O–H groups in total. The van der Waals surface area contributed by atoms with E-state index in [0.29, 0.717) is 4.31 Å². The number of aryl methyl sites for hydroxylation is 1. The number of halogens is 3. The van der Waals surface area contributed by atoms with Crippen molar-refractivity contribution in [2.45, 2.75) is 31.8 Å². The summed E-state index contributed by atoms with van der Waals surface area (Å²) in [7, 11) is -4.20. The zero-order valence-electron chi connectivity index (χ0n) is 10.8. The van der Waals surface area contributed by atoms with Crippen molar-refractivity contribution in [2.24, 2.45) is 5.92 Å². The highest BCUT2D eigenvalue weighted by atomic mass is 32.2. The van der Waals surface area contributed by atoms with Crippen LogP contribution in [0.4, 0.5) is 13.2 Å². The van der Waals surface area contributed by atoms with Crippen molar-refractivity contribution in [1.82, 2.24) is 14.5 Å². The van der Waals surface area contributed by atoms with Crippen LogP contribution in [-0.4, -0.2) is 42.2 Å². The first-order valence-electron chi connectivity index (χ1n) is 5.61. The predicted octanol–water partition coefficient (Wildman–Crippen LogP) is 1.93. The first-order chi connectivity index (χ1) is 8.54. The van der Waals surface area contributed by atoms with Gasteiger partial charge in [-0.3, -0.25) is 5.10 Å². The minimum absolute atomic E-state index is 0.202. The molecule has 0 saturated heterocycles. The molecular weight excluding hydrogens is 283 g/mol. The van der Waals surface area contributed by atoms with Crippen LogP contribution in [0.2, 0.25) is 0 Å². The lowest BCUT2D eigenvalue weighted by molar-refractivity contribution is -0.136. The van der Waals surface area contributed by atoms with Gasteiger partial charge >= 0.3 is 6.18 Å². The maximum Gasteiger partial charge on any atom is 0.402 e. The molecule has 0 atom stereocenters. The molecule has 0 aliphatic rings. The monoisotopic (exact) mass is 299 g/mol. The lowest BCUT2D eigenvalue weighted by Crippen LogP contribution is -2.41. The molecule has 0 aliphatic carbocycles. The lowest BCUT2D eigenvalue weighted by Gasteiger charge is -2.24. The summed E-state index contributed by atoms with van der Waals surface area (Å²) in [6.45, 7) is 3.05. The topological polar surface area (TPSA) is 66.1 Å². The number of H-pyrrole nitrogens is 1. The summed E-state index contributed by atoms with van der Waals surface area (Å²) in [5, 5.41) is 5.94. The second kappa shape index (κ2) is 5.49. The van der Waals surface area contributed by atoms with Crippen LogP contribution in [0, 0.1) is 12.8 Å². The number of rotatable bonds is 5. The maximum atomic E-state index is 12.5. The molecule has 0 unspecified atom stereocenters. The van der Waals surface area contributed by atoms with Gasteiger partial charge in [-0.1, -0.05) is 13.8 Å². The quantitative estimate of drug-likeness (QED) is 0.903. The Kier molecular flexibility index (Phi) is 4.62. The van der Waals surface area contributed by atoms with Crippen LogP contribution >= 0.6 is 0 Å². The fourth-order valence-electron chi connectivity index (χ4n) is 1.59. The molecular formula is C10H16F3N3O2S. The molecule has 1 heterocycles. The molecule has 0 aliphatic heterocycles. The molecule has 5 nitrogen and oxygen atoms in total. The van der Waals surface area contributed by atoms with Gasteiger partial charge in [0.25, 0.3) is 0 Å². The average Bonchev–Trinajstić information content (AvgIpc) is 2.61. The molecule has 0 radical (unpaired) electrons. The van der Waals surface area contributed by atoms with Gasteiger partial charge < -0.3 is 0 Å². The third-order valence-electron chi connectivity index (χ3n) is 2.33. The van der Waals surface area contributed by atoms with Crippen molar-refractivity contribution < 1.29 is 21.6 Å². The Morgan fingerprint density at radius 2 is 2.00 bits per heavy atom. The lowest BCUT2D eigenvalue weighted by atomic mass is 10.2. The summed E-state index contributed by atoms with van der Waals surface area (Å²) in [5.41, 5.74) is 0.218. The van der Waals surface area contributed by atoms with Crippen LogP contribution in [0.5, 0.6) is 0 Å². The third kappa shape index (κ3) is 4.20. The molecule has 0 amide bonds. The number of hydrogen-bond donors (Lipinski definition) is 1. The van der Waals surface area contributed by atoms with E-state index in [0.717, 1.165) is 6.20 Å². The Hall–Kier alpha value is -1.09. The first-order valence-corrected chi connectivity index (χ1v) is 7.05. The number of aromatic amines is 1. The molecule has 0 aromatic carbocycles. The molecule has 0 bridgehead atoms. The smallest absolute Gasteiger partial charge is 0.281 e. The zero-order chi connectivity index (χ0) is 14.8. The van der Waals surface area contributed by atoms with Gasteiger partial charge in [-0.05, 0) is 12.8 Å². The Morgan fingerprint density at radius 1 is 1.42 bits per heavy atom. The molecule has 110 valence electrons. The number of sulfonamides is 1. The predicted molar refractivity (Wildman–Crippen MR) is 63.0 cm³/mol. The van der Waals surface area contributed by atoms with Gasteiger partial charge in [0.1, 0.15) is 11.4 Å². The van der Waals surface area contributed by atoms with Crippen molar-refractivity contribution in [2.75, 3.05) is 13.1 Å². The zero-order valence-corrected chi connectivity index (χ0v) is 11.6. The largest absolute Gasteiger partial charge is 0.402 e. The summed E-state index contributed by atoms with van der Waals surface area (Å²) in [6.07, 6.45) is -3.56. The van der Waals surface area contributed by atoms with Gasteiger partial charge in [0.05, 0.1) is 11.9 Å². The summed E-state index contributed by atoms with van der Waals surface area (Å²) < 4.78 is 62.3. The van der Waals surface area contributed by atoms with Crippen molar-refractivity contribution in [3.63, 3.8) is 0 Å². The highest BCUT2D eigenvalue weighted by Crippen LogP contribution is 2.24. The number of alkyl halides is 3. The number of nitrogens with one attached hydrogen (secondary N) is 1. The van der Waals surface area contributed by atoms with E-state index < -0.39 is 22.7 Å². The van der Waals surface area contributed by atoms with E-state index in [1.54, 1.807) is 13.8 Å². The average molecular weight is 299 g/mol. The highest BCUT2D eigenvalue weighted by molar-refractivity contribution is 7.89. The van der Waals surface area contributed by atoms with Crippen molar-refractivity contribution in [3.05, 3.63) is 11.9 Å². The molecule has 9 heteroatoms. The molecule has 19 heavy (non-hydrogen) atoms. The van der Waals surface area contributed by atoms with E-state index in [2.05, 4.69) is 10.2 Å². The van der Waals surface area contributed by atoms with Crippen LogP contribution in [0.25, 0.3) is 0 Å². The highest BCUT2D eigenvalue weighted by Gasteiger charge is 2.38. The number of hydrogen-bond acceptors (Lipinski definition) is 3. The van der Waals surface area contributed by atoms with Crippen LogP contribution in [0.15, 0.2) is 11.1 Å². The minimum Gasteiger partial charge on any atom is -0.281 e. The molecule has 1 aromatic heterocycles. The second-order valence-corrected chi connectivity index (χ2v) is 6.57. The van der Waals surface area contributed by atoms with Gasteiger partial charge in [-0.2, -0.15) is 22.6 Å². The van der Waals surface area contributed by atoms with E-state index in [-0.39, 0.29) is 23.1 Å². The molecule has 0 spiro atoms. The van der Waals surface area contributed by atoms with E-state index in [1.807, 2.05) is 0 Å². The van der Waals surface area contributed by atoms with E-state index in [4.69, 9.17) is 0 Å². The minimum atomic E-state index is -4.58. The second-order valence-electron chi connectivity index (χ2n) is 4.67. The number of nitrogens with zero attached hydrogens (tertiary/aromatic N) is 2. The van der Waals surface area contributed by atoms with Crippen LogP contribution in [-0.2, 0) is 10.0 Å². The van der Waals surface area contributed by atoms with E-state index >= 15 is 0 Å². The Balaban J connectivity index is 3.13. The maximum absolute atomic E-state index is 12.5. The Labute approximate surface area is 109 Å². The fourth-order valence-corrected chi connectivity index (χ4v) is 3.30. The van der Waals surface area contributed by atoms with Gasteiger partial charge in [-0.25, -0.2) is 8.42 Å². The van der Waals surface area contributed by atoms with E-state index in [1.165, 1.54) is 6.92 Å².